The lowest BCUT2D eigenvalue weighted by Gasteiger charge is -2.51. The second-order valence-corrected chi connectivity index (χ2v) is 10.8. The molecule has 0 bridgehead atoms. The molecule has 3 fully saturated rings. The molecule has 6 rings (SSSR count). The number of hydrogen-bond acceptors (Lipinski definition) is 4. The van der Waals surface area contributed by atoms with Gasteiger partial charge in [-0.3, -0.25) is 19.5 Å². The molecule has 3 aromatic rings. The predicted octanol–water partition coefficient (Wildman–Crippen LogP) is 6.03. The van der Waals surface area contributed by atoms with Gasteiger partial charge in [0.05, 0.1) is 5.41 Å². The van der Waals surface area contributed by atoms with E-state index in [1.807, 2.05) is 35.2 Å². The number of amides is 1. The van der Waals surface area contributed by atoms with Gasteiger partial charge in [0.25, 0.3) is 0 Å². The topological polar surface area (TPSA) is 26.8 Å². The quantitative estimate of drug-likeness (QED) is 0.404. The van der Waals surface area contributed by atoms with Crippen molar-refractivity contribution in [2.24, 2.45) is 5.41 Å². The Kier molecular flexibility index (Phi) is 6.24. The van der Waals surface area contributed by atoms with Crippen LogP contribution >= 0.6 is 12.2 Å². The molecular formula is C31H33N3OS. The van der Waals surface area contributed by atoms with Gasteiger partial charge >= 0.3 is 0 Å². The summed E-state index contributed by atoms with van der Waals surface area (Å²) in [4.78, 5) is 22.4. The van der Waals surface area contributed by atoms with E-state index in [2.05, 4.69) is 70.5 Å². The van der Waals surface area contributed by atoms with Crippen LogP contribution in [0.5, 0.6) is 0 Å². The number of fused-ring (bicyclic) bond motifs is 1. The van der Waals surface area contributed by atoms with Gasteiger partial charge in [-0.1, -0.05) is 110 Å². The lowest BCUT2D eigenvalue weighted by atomic mass is 9.65. The van der Waals surface area contributed by atoms with Gasteiger partial charge in [-0.15, -0.1) is 0 Å². The summed E-state index contributed by atoms with van der Waals surface area (Å²) in [5.74, 6) is 0.191. The van der Waals surface area contributed by atoms with Crippen molar-refractivity contribution in [3.8, 4) is 0 Å². The van der Waals surface area contributed by atoms with Gasteiger partial charge in [-0.2, -0.15) is 0 Å². The second-order valence-electron chi connectivity index (χ2n) is 10.4. The SMILES string of the molecule is O=C1N(c2ccccc2)C(=S)C2(N(Cc3ccccc3)CCN2Cc2ccccc2)C12CCCCC2. The molecule has 2 spiro atoms. The summed E-state index contributed by atoms with van der Waals surface area (Å²) in [5.41, 5.74) is 2.25. The molecule has 0 N–H and O–H groups in total. The fourth-order valence-corrected chi connectivity index (χ4v) is 7.62. The van der Waals surface area contributed by atoms with Gasteiger partial charge < -0.3 is 0 Å². The maximum absolute atomic E-state index is 14.6. The van der Waals surface area contributed by atoms with Gasteiger partial charge in [0.1, 0.15) is 10.7 Å². The first kappa shape index (κ1) is 23.5. The normalized spacial score (nSPS) is 21.6. The standard InChI is InChI=1S/C31H33N3OS/c35-28-30(19-11-4-12-20-30)31(29(36)34(28)27-17-9-3-10-18-27)32(23-25-13-5-1-6-14-25)21-22-33(31)24-26-15-7-2-8-16-26/h1-3,5-10,13-18H,4,11-12,19-24H2. The average molecular weight is 496 g/mol. The molecule has 1 aliphatic carbocycles. The Morgan fingerprint density at radius 3 is 1.64 bits per heavy atom. The Balaban J connectivity index is 1.52. The number of nitrogens with zero attached hydrogens (tertiary/aromatic N) is 3. The molecule has 0 radical (unpaired) electrons. The molecule has 0 unspecified atom stereocenters. The summed E-state index contributed by atoms with van der Waals surface area (Å²) < 4.78 is 0. The first-order chi connectivity index (χ1) is 17.7. The molecule has 2 heterocycles. The summed E-state index contributed by atoms with van der Waals surface area (Å²) in [5, 5.41) is 0. The number of carbonyl (C=O) groups excluding carboxylic acids is 1. The highest BCUT2D eigenvalue weighted by Gasteiger charge is 2.73. The van der Waals surface area contributed by atoms with Crippen molar-refractivity contribution in [2.75, 3.05) is 18.0 Å². The number of thiocarbonyl (C=S) groups is 1. The second kappa shape index (κ2) is 9.55. The molecule has 4 nitrogen and oxygen atoms in total. The van der Waals surface area contributed by atoms with Crippen LogP contribution < -0.4 is 4.90 Å². The Labute approximate surface area is 219 Å². The fraction of sp³-hybridized carbons (Fsp3) is 0.355. The third-order valence-corrected chi connectivity index (χ3v) is 8.96. The number of carbonyl (C=O) groups is 1. The average Bonchev–Trinajstić information content (AvgIpc) is 3.36. The van der Waals surface area contributed by atoms with Crippen LogP contribution in [-0.2, 0) is 17.9 Å². The molecule has 3 aromatic carbocycles. The third-order valence-electron chi connectivity index (χ3n) is 8.49. The largest absolute Gasteiger partial charge is 0.273 e. The number of anilines is 1. The van der Waals surface area contributed by atoms with E-state index in [1.165, 1.54) is 17.5 Å². The highest BCUT2D eigenvalue weighted by Crippen LogP contribution is 2.58. The van der Waals surface area contributed by atoms with E-state index in [9.17, 15) is 4.79 Å². The number of rotatable bonds is 5. The Morgan fingerprint density at radius 1 is 0.667 bits per heavy atom. The van der Waals surface area contributed by atoms with E-state index >= 15 is 0 Å². The molecule has 0 atom stereocenters. The monoisotopic (exact) mass is 495 g/mol. The number of hydrogen-bond donors (Lipinski definition) is 0. The van der Waals surface area contributed by atoms with Gasteiger partial charge in [0.2, 0.25) is 5.91 Å². The summed E-state index contributed by atoms with van der Waals surface area (Å²) in [6.07, 6.45) is 5.08. The Bertz CT molecular complexity index is 1170. The predicted molar refractivity (Wildman–Crippen MR) is 148 cm³/mol. The molecule has 1 amide bonds. The third kappa shape index (κ3) is 3.56. The zero-order valence-corrected chi connectivity index (χ0v) is 21.5. The lowest BCUT2D eigenvalue weighted by Crippen LogP contribution is -2.66. The van der Waals surface area contributed by atoms with E-state index in [-0.39, 0.29) is 5.91 Å². The summed E-state index contributed by atoms with van der Waals surface area (Å²) in [6.45, 7) is 3.34. The van der Waals surface area contributed by atoms with Crippen molar-refractivity contribution >= 4 is 28.8 Å². The summed E-state index contributed by atoms with van der Waals surface area (Å²) in [6, 6.07) is 31.3. The van der Waals surface area contributed by atoms with Crippen molar-refractivity contribution in [3.05, 3.63) is 102 Å². The lowest BCUT2D eigenvalue weighted by molar-refractivity contribution is -0.140. The van der Waals surface area contributed by atoms with Gasteiger partial charge in [0.15, 0.2) is 0 Å². The van der Waals surface area contributed by atoms with E-state index in [4.69, 9.17) is 12.2 Å². The minimum absolute atomic E-state index is 0.191. The maximum Gasteiger partial charge on any atom is 0.241 e. The van der Waals surface area contributed by atoms with E-state index in [0.29, 0.717) is 0 Å². The molecular weight excluding hydrogens is 462 g/mol. The van der Waals surface area contributed by atoms with Crippen molar-refractivity contribution < 1.29 is 4.79 Å². The van der Waals surface area contributed by atoms with Crippen LogP contribution in [0.3, 0.4) is 0 Å². The highest BCUT2D eigenvalue weighted by atomic mass is 32.1. The Morgan fingerprint density at radius 2 is 1.14 bits per heavy atom. The van der Waals surface area contributed by atoms with Crippen LogP contribution in [0.15, 0.2) is 91.0 Å². The minimum Gasteiger partial charge on any atom is -0.273 e. The van der Waals surface area contributed by atoms with E-state index in [0.717, 1.165) is 62.5 Å². The molecule has 1 saturated carbocycles. The Hall–Kier alpha value is -2.86. The van der Waals surface area contributed by atoms with E-state index in [1.54, 1.807) is 0 Å². The fourth-order valence-electron chi connectivity index (χ4n) is 6.98. The van der Waals surface area contributed by atoms with Crippen LogP contribution in [0, 0.1) is 5.41 Å². The minimum atomic E-state index is -0.624. The van der Waals surface area contributed by atoms with Crippen molar-refractivity contribution in [1.29, 1.82) is 0 Å². The molecule has 2 saturated heterocycles. The van der Waals surface area contributed by atoms with Crippen molar-refractivity contribution in [2.45, 2.75) is 50.9 Å². The van der Waals surface area contributed by atoms with Gasteiger partial charge in [-0.05, 0) is 36.1 Å². The van der Waals surface area contributed by atoms with Crippen LogP contribution in [0.1, 0.15) is 43.2 Å². The smallest absolute Gasteiger partial charge is 0.241 e. The number of para-hydroxylation sites is 1. The molecule has 0 aromatic heterocycles. The zero-order chi connectivity index (χ0) is 24.6. The van der Waals surface area contributed by atoms with Crippen molar-refractivity contribution in [3.63, 3.8) is 0 Å². The highest BCUT2D eigenvalue weighted by molar-refractivity contribution is 7.81. The summed E-state index contributed by atoms with van der Waals surface area (Å²) in [7, 11) is 0. The van der Waals surface area contributed by atoms with Crippen LogP contribution in [-0.4, -0.2) is 39.4 Å². The molecule has 5 heteroatoms. The number of benzene rings is 3. The molecule has 36 heavy (non-hydrogen) atoms. The van der Waals surface area contributed by atoms with E-state index < -0.39 is 11.1 Å². The summed E-state index contributed by atoms with van der Waals surface area (Å²) >= 11 is 6.43. The molecule has 3 aliphatic rings. The first-order valence-electron chi connectivity index (χ1n) is 13.2. The van der Waals surface area contributed by atoms with Gasteiger partial charge in [0, 0.05) is 31.9 Å². The van der Waals surface area contributed by atoms with Crippen LogP contribution in [0.4, 0.5) is 5.69 Å². The molecule has 2 aliphatic heterocycles. The van der Waals surface area contributed by atoms with Crippen LogP contribution in [0.2, 0.25) is 0 Å². The first-order valence-corrected chi connectivity index (χ1v) is 13.6. The molecule has 184 valence electrons. The van der Waals surface area contributed by atoms with Gasteiger partial charge in [-0.25, -0.2) is 0 Å². The zero-order valence-electron chi connectivity index (χ0n) is 20.7. The van der Waals surface area contributed by atoms with Crippen molar-refractivity contribution in [1.82, 2.24) is 9.80 Å². The maximum atomic E-state index is 14.6. The van der Waals surface area contributed by atoms with Crippen LogP contribution in [0.25, 0.3) is 0 Å².